The number of para-hydroxylation sites is 2. The third-order valence-electron chi connectivity index (χ3n) is 9.82. The summed E-state index contributed by atoms with van der Waals surface area (Å²) >= 11 is 0. The van der Waals surface area contributed by atoms with E-state index in [0.717, 1.165) is 50.1 Å². The van der Waals surface area contributed by atoms with Crippen molar-refractivity contribution in [2.45, 2.75) is 26.2 Å². The van der Waals surface area contributed by atoms with E-state index in [1.165, 1.54) is 37.9 Å². The van der Waals surface area contributed by atoms with Gasteiger partial charge >= 0.3 is 0 Å². The molecule has 0 fully saturated rings. The normalized spacial score (nSPS) is 12.1. The van der Waals surface area contributed by atoms with Crippen LogP contribution in [0.15, 0.2) is 162 Å². The minimum atomic E-state index is 0.0750. The molecule has 2 heteroatoms. The summed E-state index contributed by atoms with van der Waals surface area (Å²) in [5, 5.41) is 9.93. The zero-order chi connectivity index (χ0) is 32.4. The van der Waals surface area contributed by atoms with Crippen LogP contribution in [0.4, 0.5) is 17.1 Å². The molecule has 2 nitrogen and oxygen atoms in total. The van der Waals surface area contributed by atoms with Crippen LogP contribution in [-0.4, -0.2) is 0 Å². The molecule has 0 saturated heterocycles. The first-order valence-electron chi connectivity index (χ1n) is 16.7. The molecular formula is C46H35NO. The van der Waals surface area contributed by atoms with Crippen molar-refractivity contribution < 1.29 is 4.42 Å². The highest BCUT2D eigenvalue weighted by Crippen LogP contribution is 2.42. The summed E-state index contributed by atoms with van der Waals surface area (Å²) in [6.45, 7) is 6.79. The van der Waals surface area contributed by atoms with Gasteiger partial charge in [0.05, 0.1) is 0 Å². The van der Waals surface area contributed by atoms with Crippen molar-refractivity contribution in [2.75, 3.05) is 4.90 Å². The van der Waals surface area contributed by atoms with Gasteiger partial charge in [-0.1, -0.05) is 136 Å². The Morgan fingerprint density at radius 3 is 1.54 bits per heavy atom. The number of rotatable bonds is 4. The van der Waals surface area contributed by atoms with E-state index in [1.54, 1.807) is 0 Å². The predicted octanol–water partition coefficient (Wildman–Crippen LogP) is 13.5. The average molecular weight is 618 g/mol. The first kappa shape index (κ1) is 28.4. The van der Waals surface area contributed by atoms with Crippen LogP contribution < -0.4 is 4.90 Å². The fourth-order valence-electron chi connectivity index (χ4n) is 7.36. The van der Waals surface area contributed by atoms with Crippen LogP contribution in [0, 0.1) is 0 Å². The van der Waals surface area contributed by atoms with Crippen LogP contribution in [0.5, 0.6) is 0 Å². The molecule has 0 amide bonds. The summed E-state index contributed by atoms with van der Waals surface area (Å²) in [5.74, 6) is 0. The predicted molar refractivity (Wildman–Crippen MR) is 205 cm³/mol. The summed E-state index contributed by atoms with van der Waals surface area (Å²) in [7, 11) is 0. The summed E-state index contributed by atoms with van der Waals surface area (Å²) in [4.78, 5) is 2.38. The standard InChI is InChI=1S/C46H35NO/c1-46(2,3)31-21-25-33(26-22-31)47(34-27-28-40-38-13-5-4-11-36(38)37-12-6-7-14-39(37)43(40)29-34)32-23-19-30(20-24-32)35-16-10-17-42-41-15-8-9-18-44(41)48-45(35)42/h4-29H,1-3H3. The number of hydrogen-bond donors (Lipinski definition) is 0. The molecule has 0 radical (unpaired) electrons. The van der Waals surface area contributed by atoms with E-state index in [9.17, 15) is 0 Å². The van der Waals surface area contributed by atoms with E-state index >= 15 is 0 Å². The molecule has 0 unspecified atom stereocenters. The number of hydrogen-bond acceptors (Lipinski definition) is 2. The Morgan fingerprint density at radius 1 is 0.417 bits per heavy atom. The van der Waals surface area contributed by atoms with Gasteiger partial charge in [0.2, 0.25) is 0 Å². The highest BCUT2D eigenvalue weighted by atomic mass is 16.3. The van der Waals surface area contributed by atoms with Gasteiger partial charge in [-0.3, -0.25) is 0 Å². The Bertz CT molecular complexity index is 2600. The second kappa shape index (κ2) is 10.9. The largest absolute Gasteiger partial charge is 0.455 e. The Hall–Kier alpha value is -5.86. The third kappa shape index (κ3) is 4.56. The highest BCUT2D eigenvalue weighted by molar-refractivity contribution is 6.25. The number of anilines is 3. The molecule has 0 aliphatic carbocycles. The summed E-state index contributed by atoms with van der Waals surface area (Å²) in [6.07, 6.45) is 0. The molecule has 0 spiro atoms. The molecule has 0 saturated carbocycles. The van der Waals surface area contributed by atoms with Crippen LogP contribution in [0.2, 0.25) is 0 Å². The van der Waals surface area contributed by atoms with Crippen molar-refractivity contribution in [1.82, 2.24) is 0 Å². The number of nitrogens with zero attached hydrogens (tertiary/aromatic N) is 1. The highest BCUT2D eigenvalue weighted by Gasteiger charge is 2.19. The molecule has 0 atom stereocenters. The summed E-state index contributed by atoms with van der Waals surface area (Å²) in [5.41, 5.74) is 8.81. The van der Waals surface area contributed by atoms with Gasteiger partial charge in [0.1, 0.15) is 11.2 Å². The quantitative estimate of drug-likeness (QED) is 0.183. The van der Waals surface area contributed by atoms with E-state index in [4.69, 9.17) is 4.42 Å². The minimum Gasteiger partial charge on any atom is -0.455 e. The van der Waals surface area contributed by atoms with E-state index in [2.05, 4.69) is 171 Å². The average Bonchev–Trinajstić information content (AvgIpc) is 3.51. The van der Waals surface area contributed by atoms with Gasteiger partial charge in [0, 0.05) is 33.4 Å². The first-order valence-corrected chi connectivity index (χ1v) is 16.7. The molecule has 0 aliphatic rings. The van der Waals surface area contributed by atoms with Gasteiger partial charge in [-0.25, -0.2) is 0 Å². The maximum Gasteiger partial charge on any atom is 0.143 e. The van der Waals surface area contributed by atoms with E-state index in [1.807, 2.05) is 12.1 Å². The molecule has 8 aromatic carbocycles. The number of fused-ring (bicyclic) bond motifs is 9. The van der Waals surface area contributed by atoms with Gasteiger partial charge in [0.25, 0.3) is 0 Å². The van der Waals surface area contributed by atoms with Crippen LogP contribution >= 0.6 is 0 Å². The molecule has 230 valence electrons. The lowest BCUT2D eigenvalue weighted by molar-refractivity contribution is 0.590. The van der Waals surface area contributed by atoms with Gasteiger partial charge in [-0.2, -0.15) is 0 Å². The lowest BCUT2D eigenvalue weighted by atomic mass is 9.87. The lowest BCUT2D eigenvalue weighted by Gasteiger charge is -2.27. The zero-order valence-corrected chi connectivity index (χ0v) is 27.4. The molecule has 9 aromatic rings. The molecule has 0 aliphatic heterocycles. The molecule has 9 rings (SSSR count). The number of furan rings is 1. The second-order valence-electron chi connectivity index (χ2n) is 13.8. The van der Waals surface area contributed by atoms with Crippen LogP contribution in [-0.2, 0) is 5.41 Å². The van der Waals surface area contributed by atoms with Crippen molar-refractivity contribution in [1.29, 1.82) is 0 Å². The van der Waals surface area contributed by atoms with Gasteiger partial charge < -0.3 is 9.32 Å². The minimum absolute atomic E-state index is 0.0750. The van der Waals surface area contributed by atoms with Crippen LogP contribution in [0.1, 0.15) is 26.3 Å². The fraction of sp³-hybridized carbons (Fsp3) is 0.0870. The monoisotopic (exact) mass is 617 g/mol. The van der Waals surface area contributed by atoms with Crippen molar-refractivity contribution >= 4 is 71.3 Å². The van der Waals surface area contributed by atoms with Crippen LogP contribution in [0.3, 0.4) is 0 Å². The van der Waals surface area contributed by atoms with Gasteiger partial charge in [0.15, 0.2) is 0 Å². The molecular weight excluding hydrogens is 583 g/mol. The molecule has 1 heterocycles. The van der Waals surface area contributed by atoms with Crippen molar-refractivity contribution in [3.8, 4) is 11.1 Å². The molecule has 48 heavy (non-hydrogen) atoms. The first-order chi connectivity index (χ1) is 23.4. The summed E-state index contributed by atoms with van der Waals surface area (Å²) < 4.78 is 6.39. The maximum atomic E-state index is 6.39. The summed E-state index contributed by atoms with van der Waals surface area (Å²) in [6, 6.07) is 57.1. The smallest absolute Gasteiger partial charge is 0.143 e. The SMILES string of the molecule is CC(C)(C)c1ccc(N(c2ccc(-c3cccc4c3oc3ccccc34)cc2)c2ccc3c4ccccc4c4ccccc4c3c2)cc1. The third-order valence-corrected chi connectivity index (χ3v) is 9.82. The number of benzene rings is 8. The lowest BCUT2D eigenvalue weighted by Crippen LogP contribution is -2.13. The Labute approximate surface area is 280 Å². The Balaban J connectivity index is 1.22. The van der Waals surface area contributed by atoms with E-state index in [-0.39, 0.29) is 5.41 Å². The molecule has 0 N–H and O–H groups in total. The Kier molecular flexibility index (Phi) is 6.42. The van der Waals surface area contributed by atoms with Crippen molar-refractivity contribution in [2.24, 2.45) is 0 Å². The second-order valence-corrected chi connectivity index (χ2v) is 13.8. The molecule has 1 aromatic heterocycles. The maximum absolute atomic E-state index is 6.39. The van der Waals surface area contributed by atoms with Crippen LogP contribution in [0.25, 0.3) is 65.4 Å². The van der Waals surface area contributed by atoms with Gasteiger partial charge in [-0.05, 0) is 91.3 Å². The van der Waals surface area contributed by atoms with Gasteiger partial charge in [-0.15, -0.1) is 0 Å². The van der Waals surface area contributed by atoms with E-state index < -0.39 is 0 Å². The fourth-order valence-corrected chi connectivity index (χ4v) is 7.36. The molecule has 0 bridgehead atoms. The van der Waals surface area contributed by atoms with Crippen molar-refractivity contribution in [3.63, 3.8) is 0 Å². The zero-order valence-electron chi connectivity index (χ0n) is 27.4. The topological polar surface area (TPSA) is 16.4 Å². The van der Waals surface area contributed by atoms with E-state index in [0.29, 0.717) is 0 Å². The van der Waals surface area contributed by atoms with Crippen molar-refractivity contribution in [3.05, 3.63) is 163 Å². The Morgan fingerprint density at radius 2 is 0.917 bits per heavy atom.